The topological polar surface area (TPSA) is 130 Å². The highest BCUT2D eigenvalue weighted by Gasteiger charge is 2.10. The first-order valence-electron chi connectivity index (χ1n) is 7.78. The predicted molar refractivity (Wildman–Crippen MR) is 88.5 cm³/mol. The van der Waals surface area contributed by atoms with Crippen LogP contribution in [0.25, 0.3) is 0 Å². The number of nitrogens with zero attached hydrogens (tertiary/aromatic N) is 3. The van der Waals surface area contributed by atoms with Crippen LogP contribution in [0.1, 0.15) is 12.2 Å². The predicted octanol–water partition coefficient (Wildman–Crippen LogP) is 0.0125. The van der Waals surface area contributed by atoms with Crippen molar-refractivity contribution >= 4 is 11.9 Å². The molecular formula is C16H21N3O7. The van der Waals surface area contributed by atoms with Crippen LogP contribution in [0, 0.1) is 0 Å². The summed E-state index contributed by atoms with van der Waals surface area (Å²) in [5, 5.41) is 8.82. The van der Waals surface area contributed by atoms with Crippen molar-refractivity contribution in [3.05, 3.63) is 31.1 Å². The van der Waals surface area contributed by atoms with Crippen molar-refractivity contribution < 1.29 is 33.6 Å². The minimum absolute atomic E-state index is 0.00377. The van der Waals surface area contributed by atoms with E-state index >= 15 is 0 Å². The van der Waals surface area contributed by atoms with Gasteiger partial charge in [0, 0.05) is 18.6 Å². The van der Waals surface area contributed by atoms with E-state index in [1.165, 1.54) is 0 Å². The molecule has 1 heterocycles. The van der Waals surface area contributed by atoms with Crippen LogP contribution in [0.5, 0.6) is 12.0 Å². The van der Waals surface area contributed by atoms with E-state index in [2.05, 4.69) is 28.1 Å². The Kier molecular flexibility index (Phi) is 10.0. The summed E-state index contributed by atoms with van der Waals surface area (Å²) in [5.74, 6) is -0.711. The van der Waals surface area contributed by atoms with Gasteiger partial charge in [0.2, 0.25) is 0 Å². The van der Waals surface area contributed by atoms with Crippen LogP contribution < -0.4 is 9.47 Å². The fourth-order valence-corrected chi connectivity index (χ4v) is 1.55. The number of hydrogen-bond donors (Lipinski definition) is 1. The van der Waals surface area contributed by atoms with Crippen molar-refractivity contribution in [3.8, 4) is 12.0 Å². The summed E-state index contributed by atoms with van der Waals surface area (Å²) in [7, 11) is 0. The SMILES string of the molecule is C=CC(=O)OCCCc1nc(OCCO)nc(OCCOC(=O)C=C)n1. The van der Waals surface area contributed by atoms with Gasteiger partial charge >= 0.3 is 24.0 Å². The molecule has 0 aliphatic rings. The lowest BCUT2D eigenvalue weighted by molar-refractivity contribution is -0.139. The van der Waals surface area contributed by atoms with Gasteiger partial charge in [-0.15, -0.1) is 4.98 Å². The van der Waals surface area contributed by atoms with Crippen molar-refractivity contribution in [1.82, 2.24) is 15.0 Å². The Balaban J connectivity index is 2.60. The summed E-state index contributed by atoms with van der Waals surface area (Å²) < 4.78 is 20.1. The maximum atomic E-state index is 11.0. The second-order valence-electron chi connectivity index (χ2n) is 4.58. The number of aromatic nitrogens is 3. The first-order valence-corrected chi connectivity index (χ1v) is 7.78. The number of esters is 2. The van der Waals surface area contributed by atoms with Gasteiger partial charge in [-0.1, -0.05) is 13.2 Å². The quantitative estimate of drug-likeness (QED) is 0.289. The minimum Gasteiger partial charge on any atom is -0.463 e. The van der Waals surface area contributed by atoms with Gasteiger partial charge in [-0.3, -0.25) is 0 Å². The van der Waals surface area contributed by atoms with Crippen molar-refractivity contribution in [2.45, 2.75) is 12.8 Å². The van der Waals surface area contributed by atoms with Crippen LogP contribution >= 0.6 is 0 Å². The van der Waals surface area contributed by atoms with Gasteiger partial charge in [-0.25, -0.2) is 9.59 Å². The lowest BCUT2D eigenvalue weighted by atomic mass is 10.3. The van der Waals surface area contributed by atoms with E-state index in [-0.39, 0.29) is 45.1 Å². The number of hydrogen-bond acceptors (Lipinski definition) is 10. The Morgan fingerprint density at radius 2 is 1.46 bits per heavy atom. The zero-order valence-electron chi connectivity index (χ0n) is 14.3. The zero-order chi connectivity index (χ0) is 19.2. The molecule has 1 aromatic heterocycles. The number of carbonyl (C=O) groups excluding carboxylic acids is 2. The molecule has 0 aliphatic heterocycles. The molecule has 0 aromatic carbocycles. The van der Waals surface area contributed by atoms with E-state index < -0.39 is 11.9 Å². The Morgan fingerprint density at radius 3 is 2.04 bits per heavy atom. The third-order valence-corrected chi connectivity index (χ3v) is 2.64. The summed E-state index contributed by atoms with van der Waals surface area (Å²) >= 11 is 0. The highest BCUT2D eigenvalue weighted by Crippen LogP contribution is 2.11. The molecule has 10 nitrogen and oxygen atoms in total. The second-order valence-corrected chi connectivity index (χ2v) is 4.58. The summed E-state index contributed by atoms with van der Waals surface area (Å²) in [6, 6.07) is -0.0223. The number of rotatable bonds is 13. The van der Waals surface area contributed by atoms with Gasteiger partial charge in [0.15, 0.2) is 0 Å². The Labute approximate surface area is 150 Å². The average molecular weight is 367 g/mol. The molecule has 1 N–H and O–H groups in total. The van der Waals surface area contributed by atoms with E-state index in [0.717, 1.165) is 12.2 Å². The van der Waals surface area contributed by atoms with Gasteiger partial charge in [-0.2, -0.15) is 9.97 Å². The smallest absolute Gasteiger partial charge is 0.330 e. The van der Waals surface area contributed by atoms with Gasteiger partial charge in [0.1, 0.15) is 25.6 Å². The van der Waals surface area contributed by atoms with Crippen LogP contribution in [0.2, 0.25) is 0 Å². The molecule has 0 saturated carbocycles. The third-order valence-electron chi connectivity index (χ3n) is 2.64. The van der Waals surface area contributed by atoms with E-state index in [0.29, 0.717) is 18.7 Å². The van der Waals surface area contributed by atoms with Crippen molar-refractivity contribution in [2.24, 2.45) is 0 Å². The van der Waals surface area contributed by atoms with Crippen LogP contribution in [0.15, 0.2) is 25.3 Å². The number of carbonyl (C=O) groups is 2. The van der Waals surface area contributed by atoms with Crippen LogP contribution in [0.4, 0.5) is 0 Å². The van der Waals surface area contributed by atoms with Crippen molar-refractivity contribution in [1.29, 1.82) is 0 Å². The standard InChI is InChI=1S/C16H21N3O7/c1-3-13(21)23-8-5-6-12-17-15(25-9-7-20)19-16(18-12)26-11-10-24-14(22)4-2/h3-4,20H,1-2,5-11H2. The third kappa shape index (κ3) is 8.73. The number of aliphatic hydroxyl groups is 1. The van der Waals surface area contributed by atoms with Crippen LogP contribution in [0.3, 0.4) is 0 Å². The molecule has 10 heteroatoms. The molecule has 0 aliphatic carbocycles. The van der Waals surface area contributed by atoms with Gasteiger partial charge < -0.3 is 24.1 Å². The maximum absolute atomic E-state index is 11.0. The summed E-state index contributed by atoms with van der Waals surface area (Å²) in [5.41, 5.74) is 0. The van der Waals surface area contributed by atoms with E-state index in [1.54, 1.807) is 0 Å². The van der Waals surface area contributed by atoms with Crippen LogP contribution in [-0.4, -0.2) is 65.0 Å². The largest absolute Gasteiger partial charge is 0.463 e. The Hall–Kier alpha value is -3.01. The number of aliphatic hydroxyl groups excluding tert-OH is 1. The molecule has 0 atom stereocenters. The molecule has 142 valence electrons. The molecule has 0 spiro atoms. The van der Waals surface area contributed by atoms with Crippen LogP contribution in [-0.2, 0) is 25.5 Å². The van der Waals surface area contributed by atoms with Gasteiger partial charge in [0.05, 0.1) is 13.2 Å². The molecule has 0 radical (unpaired) electrons. The summed E-state index contributed by atoms with van der Waals surface area (Å²) in [6.07, 6.45) is 2.97. The molecule has 1 rings (SSSR count). The first kappa shape index (κ1) is 21.0. The molecule has 1 aromatic rings. The van der Waals surface area contributed by atoms with Crippen molar-refractivity contribution in [2.75, 3.05) is 33.0 Å². The fourth-order valence-electron chi connectivity index (χ4n) is 1.55. The molecule has 0 bridgehead atoms. The fraction of sp³-hybridized carbons (Fsp3) is 0.438. The first-order chi connectivity index (χ1) is 12.6. The normalized spacial score (nSPS) is 9.88. The lowest BCUT2D eigenvalue weighted by Crippen LogP contribution is -2.14. The Morgan fingerprint density at radius 1 is 0.885 bits per heavy atom. The monoisotopic (exact) mass is 367 g/mol. The zero-order valence-corrected chi connectivity index (χ0v) is 14.3. The number of ether oxygens (including phenoxy) is 4. The molecule has 0 fully saturated rings. The lowest BCUT2D eigenvalue weighted by Gasteiger charge is -2.09. The average Bonchev–Trinajstić information content (AvgIpc) is 2.66. The summed E-state index contributed by atoms with van der Waals surface area (Å²) in [6.45, 7) is 6.59. The summed E-state index contributed by atoms with van der Waals surface area (Å²) in [4.78, 5) is 34.1. The highest BCUT2D eigenvalue weighted by atomic mass is 16.6. The van der Waals surface area contributed by atoms with E-state index in [4.69, 9.17) is 24.1 Å². The molecule has 0 amide bonds. The molecule has 0 saturated heterocycles. The highest BCUT2D eigenvalue weighted by molar-refractivity contribution is 5.81. The van der Waals surface area contributed by atoms with Crippen molar-refractivity contribution in [3.63, 3.8) is 0 Å². The van der Waals surface area contributed by atoms with E-state index in [1.807, 2.05) is 0 Å². The number of aryl methyl sites for hydroxylation is 1. The molecular weight excluding hydrogens is 346 g/mol. The minimum atomic E-state index is -0.564. The maximum Gasteiger partial charge on any atom is 0.330 e. The molecule has 0 unspecified atom stereocenters. The second kappa shape index (κ2) is 12.4. The van der Waals surface area contributed by atoms with Gasteiger partial charge in [0.25, 0.3) is 0 Å². The van der Waals surface area contributed by atoms with E-state index in [9.17, 15) is 9.59 Å². The Bertz CT molecular complexity index is 576. The van der Waals surface area contributed by atoms with Gasteiger partial charge in [-0.05, 0) is 6.42 Å². The molecule has 26 heavy (non-hydrogen) atoms.